The molecule has 0 saturated heterocycles. The maximum atomic E-state index is 12.6. The Bertz CT molecular complexity index is 824. The van der Waals surface area contributed by atoms with E-state index in [9.17, 15) is 4.79 Å². The number of halogens is 1. The number of benzene rings is 2. The number of carbonyl (C=O) groups is 1. The SMILES string of the molecule is Cl.NCCN(CCc1ccccc1)C(=O)Cn1nnc(-c2ccccc2)n1. The maximum Gasteiger partial charge on any atom is 0.246 e. The molecule has 3 rings (SSSR count). The van der Waals surface area contributed by atoms with Gasteiger partial charge >= 0.3 is 0 Å². The van der Waals surface area contributed by atoms with Gasteiger partial charge in [-0.25, -0.2) is 0 Å². The van der Waals surface area contributed by atoms with Crippen LogP contribution < -0.4 is 5.73 Å². The first-order valence-electron chi connectivity index (χ1n) is 8.61. The van der Waals surface area contributed by atoms with Gasteiger partial charge in [-0.15, -0.1) is 22.6 Å². The lowest BCUT2D eigenvalue weighted by Crippen LogP contribution is -2.39. The monoisotopic (exact) mass is 386 g/mol. The van der Waals surface area contributed by atoms with Crippen molar-refractivity contribution in [3.8, 4) is 11.4 Å². The molecule has 3 aromatic rings. The molecule has 0 radical (unpaired) electrons. The van der Waals surface area contributed by atoms with Crippen LogP contribution in [0.3, 0.4) is 0 Å². The topological polar surface area (TPSA) is 89.9 Å². The van der Waals surface area contributed by atoms with E-state index in [1.54, 1.807) is 4.90 Å². The number of nitrogens with zero attached hydrogens (tertiary/aromatic N) is 5. The van der Waals surface area contributed by atoms with Crippen molar-refractivity contribution >= 4 is 18.3 Å². The van der Waals surface area contributed by atoms with Gasteiger partial charge in [-0.3, -0.25) is 4.79 Å². The quantitative estimate of drug-likeness (QED) is 0.637. The third-order valence-electron chi connectivity index (χ3n) is 4.03. The number of aromatic nitrogens is 4. The zero-order chi connectivity index (χ0) is 18.2. The van der Waals surface area contributed by atoms with Crippen LogP contribution in [0.2, 0.25) is 0 Å². The molecule has 7 nitrogen and oxygen atoms in total. The molecule has 0 saturated carbocycles. The molecule has 2 aromatic carbocycles. The molecule has 0 aliphatic rings. The van der Waals surface area contributed by atoms with E-state index in [-0.39, 0.29) is 24.9 Å². The molecule has 142 valence electrons. The minimum Gasteiger partial charge on any atom is -0.339 e. The highest BCUT2D eigenvalue weighted by Crippen LogP contribution is 2.11. The number of hydrogen-bond donors (Lipinski definition) is 1. The second kappa shape index (κ2) is 10.4. The van der Waals surface area contributed by atoms with Crippen LogP contribution in [0, 0.1) is 0 Å². The minimum absolute atomic E-state index is 0. The Morgan fingerprint density at radius 3 is 2.33 bits per heavy atom. The van der Waals surface area contributed by atoms with Gasteiger partial charge in [-0.1, -0.05) is 60.7 Å². The van der Waals surface area contributed by atoms with Crippen LogP contribution in [-0.4, -0.2) is 50.6 Å². The highest BCUT2D eigenvalue weighted by Gasteiger charge is 2.15. The van der Waals surface area contributed by atoms with Crippen molar-refractivity contribution in [1.29, 1.82) is 0 Å². The van der Waals surface area contributed by atoms with Crippen LogP contribution in [-0.2, 0) is 17.8 Å². The fourth-order valence-corrected chi connectivity index (χ4v) is 2.66. The Labute approximate surface area is 164 Å². The number of carbonyl (C=O) groups excluding carboxylic acids is 1. The summed E-state index contributed by atoms with van der Waals surface area (Å²) in [7, 11) is 0. The van der Waals surface area contributed by atoms with E-state index in [1.165, 1.54) is 10.4 Å². The Morgan fingerprint density at radius 1 is 1.00 bits per heavy atom. The normalized spacial score (nSPS) is 10.3. The predicted octanol–water partition coefficient (Wildman–Crippen LogP) is 1.79. The van der Waals surface area contributed by atoms with Gasteiger partial charge in [-0.05, 0) is 17.2 Å². The van der Waals surface area contributed by atoms with Gasteiger partial charge < -0.3 is 10.6 Å². The molecule has 0 spiro atoms. The Hall–Kier alpha value is -2.77. The lowest BCUT2D eigenvalue weighted by Gasteiger charge is -2.21. The number of amides is 1. The summed E-state index contributed by atoms with van der Waals surface area (Å²) in [5, 5.41) is 12.3. The Kier molecular flexibility index (Phi) is 7.91. The summed E-state index contributed by atoms with van der Waals surface area (Å²) in [4.78, 5) is 15.7. The maximum absolute atomic E-state index is 12.6. The fourth-order valence-electron chi connectivity index (χ4n) is 2.66. The molecule has 0 bridgehead atoms. The second-order valence-corrected chi connectivity index (χ2v) is 5.91. The van der Waals surface area contributed by atoms with Crippen LogP contribution in [0.1, 0.15) is 5.56 Å². The number of rotatable bonds is 8. The van der Waals surface area contributed by atoms with Crippen LogP contribution in [0.25, 0.3) is 11.4 Å². The zero-order valence-corrected chi connectivity index (χ0v) is 15.8. The predicted molar refractivity (Wildman–Crippen MR) is 106 cm³/mol. The molecule has 0 aliphatic heterocycles. The van der Waals surface area contributed by atoms with Crippen molar-refractivity contribution < 1.29 is 4.79 Å². The van der Waals surface area contributed by atoms with Gasteiger partial charge in [0.1, 0.15) is 6.54 Å². The van der Waals surface area contributed by atoms with Gasteiger partial charge in [0.15, 0.2) is 0 Å². The summed E-state index contributed by atoms with van der Waals surface area (Å²) in [5.41, 5.74) is 7.72. The second-order valence-electron chi connectivity index (χ2n) is 5.91. The van der Waals surface area contributed by atoms with Crippen LogP contribution in [0.15, 0.2) is 60.7 Å². The fraction of sp³-hybridized carbons (Fsp3) is 0.263. The van der Waals surface area contributed by atoms with Gasteiger partial charge in [0.2, 0.25) is 11.7 Å². The first kappa shape index (κ1) is 20.5. The minimum atomic E-state index is -0.0663. The third-order valence-corrected chi connectivity index (χ3v) is 4.03. The van der Waals surface area contributed by atoms with E-state index >= 15 is 0 Å². The molecule has 0 aliphatic carbocycles. The summed E-state index contributed by atoms with van der Waals surface area (Å²) < 4.78 is 0. The highest BCUT2D eigenvalue weighted by molar-refractivity contribution is 5.85. The lowest BCUT2D eigenvalue weighted by atomic mass is 10.1. The Balaban J connectivity index is 0.00000261. The molecular formula is C19H23ClN6O. The molecular weight excluding hydrogens is 364 g/mol. The van der Waals surface area contributed by atoms with Crippen molar-refractivity contribution in [1.82, 2.24) is 25.1 Å². The van der Waals surface area contributed by atoms with E-state index < -0.39 is 0 Å². The molecule has 1 heterocycles. The van der Waals surface area contributed by atoms with Gasteiger partial charge in [-0.2, -0.15) is 4.80 Å². The lowest BCUT2D eigenvalue weighted by molar-refractivity contribution is -0.132. The standard InChI is InChI=1S/C19H22N6O.ClH/c20-12-14-24(13-11-16-7-3-1-4-8-16)18(26)15-25-22-19(21-23-25)17-9-5-2-6-10-17;/h1-10H,11-15,20H2;1H. The molecule has 1 amide bonds. The Morgan fingerprint density at radius 2 is 1.67 bits per heavy atom. The molecule has 0 atom stereocenters. The third kappa shape index (κ3) is 5.87. The number of nitrogens with two attached hydrogens (primary N) is 1. The molecule has 27 heavy (non-hydrogen) atoms. The van der Waals surface area contributed by atoms with Crippen molar-refractivity contribution in [2.75, 3.05) is 19.6 Å². The van der Waals surface area contributed by atoms with Crippen molar-refractivity contribution in [2.45, 2.75) is 13.0 Å². The number of hydrogen-bond acceptors (Lipinski definition) is 5. The van der Waals surface area contributed by atoms with E-state index in [4.69, 9.17) is 5.73 Å². The molecule has 8 heteroatoms. The zero-order valence-electron chi connectivity index (χ0n) is 14.9. The van der Waals surface area contributed by atoms with Crippen molar-refractivity contribution in [2.24, 2.45) is 5.73 Å². The van der Waals surface area contributed by atoms with Gasteiger partial charge in [0.25, 0.3) is 0 Å². The van der Waals surface area contributed by atoms with E-state index in [0.29, 0.717) is 25.5 Å². The molecule has 2 N–H and O–H groups in total. The average Bonchev–Trinajstić information content (AvgIpc) is 3.15. The summed E-state index contributed by atoms with van der Waals surface area (Å²) in [6.07, 6.45) is 0.784. The van der Waals surface area contributed by atoms with Crippen LogP contribution in [0.5, 0.6) is 0 Å². The molecule has 0 unspecified atom stereocenters. The summed E-state index contributed by atoms with van der Waals surface area (Å²) in [6, 6.07) is 19.6. The molecule has 0 fully saturated rings. The van der Waals surface area contributed by atoms with E-state index in [2.05, 4.69) is 27.5 Å². The summed E-state index contributed by atoms with van der Waals surface area (Å²) in [6.45, 7) is 1.58. The summed E-state index contributed by atoms with van der Waals surface area (Å²) >= 11 is 0. The largest absolute Gasteiger partial charge is 0.339 e. The van der Waals surface area contributed by atoms with E-state index in [1.807, 2.05) is 48.5 Å². The first-order chi connectivity index (χ1) is 12.8. The van der Waals surface area contributed by atoms with Gasteiger partial charge in [0.05, 0.1) is 0 Å². The molecule has 1 aromatic heterocycles. The van der Waals surface area contributed by atoms with Crippen LogP contribution >= 0.6 is 12.4 Å². The van der Waals surface area contributed by atoms with Crippen molar-refractivity contribution in [3.05, 3.63) is 66.2 Å². The van der Waals surface area contributed by atoms with Crippen molar-refractivity contribution in [3.63, 3.8) is 0 Å². The average molecular weight is 387 g/mol. The highest BCUT2D eigenvalue weighted by atomic mass is 35.5. The van der Waals surface area contributed by atoms with Crippen LogP contribution in [0.4, 0.5) is 0 Å². The first-order valence-corrected chi connectivity index (χ1v) is 8.61. The van der Waals surface area contributed by atoms with E-state index in [0.717, 1.165) is 12.0 Å². The summed E-state index contributed by atoms with van der Waals surface area (Å²) in [5.74, 6) is 0.441. The van der Waals surface area contributed by atoms with Gasteiger partial charge in [0, 0.05) is 25.2 Å². The smallest absolute Gasteiger partial charge is 0.246 e. The number of tetrazole rings is 1.